The fourth-order valence-corrected chi connectivity index (χ4v) is 1.77. The third-order valence-corrected chi connectivity index (χ3v) is 2.77. The van der Waals surface area contributed by atoms with Gasteiger partial charge < -0.3 is 14.8 Å². The number of rotatable bonds is 8. The highest BCUT2D eigenvalue weighted by Gasteiger charge is 2.35. The molecule has 1 amide bonds. The van der Waals surface area contributed by atoms with Crippen LogP contribution in [0.2, 0.25) is 0 Å². The zero-order valence-electron chi connectivity index (χ0n) is 13.0. The van der Waals surface area contributed by atoms with Crippen molar-refractivity contribution < 1.29 is 28.7 Å². The first-order valence-corrected chi connectivity index (χ1v) is 7.20. The van der Waals surface area contributed by atoms with Gasteiger partial charge in [0.05, 0.1) is 19.6 Å². The minimum Gasteiger partial charge on any atom is -0.464 e. The zero-order chi connectivity index (χ0) is 17.2. The molecular formula is C16H19NO6. The molecule has 0 fully saturated rings. The van der Waals surface area contributed by atoms with Gasteiger partial charge in [0.2, 0.25) is 5.91 Å². The number of ketones is 1. The van der Waals surface area contributed by atoms with Gasteiger partial charge in [0.1, 0.15) is 0 Å². The predicted molar refractivity (Wildman–Crippen MR) is 80.3 cm³/mol. The van der Waals surface area contributed by atoms with Crippen LogP contribution in [0.4, 0.5) is 0 Å². The fraction of sp³-hybridized carbons (Fsp3) is 0.375. The number of nitrogens with one attached hydrogen (secondary N) is 1. The summed E-state index contributed by atoms with van der Waals surface area (Å²) in [5.74, 6) is -3.92. The first kappa shape index (κ1) is 18.3. The molecule has 0 aromatic heterocycles. The van der Waals surface area contributed by atoms with Gasteiger partial charge in [0, 0.05) is 0 Å². The van der Waals surface area contributed by atoms with E-state index in [4.69, 9.17) is 4.74 Å². The van der Waals surface area contributed by atoms with Gasteiger partial charge in [-0.3, -0.25) is 9.59 Å². The average Bonchev–Trinajstić information content (AvgIpc) is 2.53. The third-order valence-electron chi connectivity index (χ3n) is 2.77. The maximum absolute atomic E-state index is 12.0. The summed E-state index contributed by atoms with van der Waals surface area (Å²) >= 11 is 0. The van der Waals surface area contributed by atoms with Crippen LogP contribution in [0, 0.1) is 0 Å². The number of hydrogen-bond acceptors (Lipinski definition) is 6. The van der Waals surface area contributed by atoms with E-state index in [1.807, 2.05) is 0 Å². The maximum atomic E-state index is 12.0. The normalized spacial score (nSPS) is 11.2. The molecule has 1 rings (SSSR count). The van der Waals surface area contributed by atoms with Crippen LogP contribution in [-0.2, 0) is 35.1 Å². The summed E-state index contributed by atoms with van der Waals surface area (Å²) in [6.45, 7) is 3.08. The summed E-state index contributed by atoms with van der Waals surface area (Å²) in [6.07, 6.45) is -0.0349. The molecule has 0 saturated heterocycles. The van der Waals surface area contributed by atoms with Gasteiger partial charge in [-0.05, 0) is 19.4 Å². The van der Waals surface area contributed by atoms with Crippen molar-refractivity contribution in [3.8, 4) is 0 Å². The molecule has 124 valence electrons. The van der Waals surface area contributed by atoms with E-state index in [0.717, 1.165) is 0 Å². The third kappa shape index (κ3) is 5.90. The molecule has 0 unspecified atom stereocenters. The van der Waals surface area contributed by atoms with E-state index >= 15 is 0 Å². The Balaban J connectivity index is 2.79. The topological polar surface area (TPSA) is 98.8 Å². The fourth-order valence-electron chi connectivity index (χ4n) is 1.77. The highest BCUT2D eigenvalue weighted by atomic mass is 16.5. The second-order valence-electron chi connectivity index (χ2n) is 4.50. The van der Waals surface area contributed by atoms with Crippen LogP contribution >= 0.6 is 0 Å². The van der Waals surface area contributed by atoms with Crippen LogP contribution < -0.4 is 5.32 Å². The first-order valence-electron chi connectivity index (χ1n) is 7.20. The Kier molecular flexibility index (Phi) is 7.45. The van der Waals surface area contributed by atoms with Crippen LogP contribution in [-0.4, -0.2) is 42.9 Å². The van der Waals surface area contributed by atoms with Crippen molar-refractivity contribution >= 4 is 23.6 Å². The molecule has 1 N–H and O–H groups in total. The van der Waals surface area contributed by atoms with Gasteiger partial charge in [-0.25, -0.2) is 9.59 Å². The molecule has 23 heavy (non-hydrogen) atoms. The van der Waals surface area contributed by atoms with Gasteiger partial charge >= 0.3 is 11.9 Å². The van der Waals surface area contributed by atoms with Gasteiger partial charge in [-0.2, -0.15) is 0 Å². The smallest absolute Gasteiger partial charge is 0.377 e. The van der Waals surface area contributed by atoms with E-state index < -0.39 is 29.7 Å². The molecule has 0 saturated carbocycles. The van der Waals surface area contributed by atoms with Crippen molar-refractivity contribution in [2.75, 3.05) is 13.2 Å². The first-order chi connectivity index (χ1) is 11.0. The van der Waals surface area contributed by atoms with E-state index in [0.29, 0.717) is 5.56 Å². The van der Waals surface area contributed by atoms with Crippen LogP contribution in [0.5, 0.6) is 0 Å². The summed E-state index contributed by atoms with van der Waals surface area (Å²) in [7, 11) is 0. The molecule has 1 atom stereocenters. The molecule has 7 nitrogen and oxygen atoms in total. The Hall–Kier alpha value is -2.70. The van der Waals surface area contributed by atoms with Crippen molar-refractivity contribution in [3.63, 3.8) is 0 Å². The van der Waals surface area contributed by atoms with E-state index in [1.54, 1.807) is 37.3 Å². The Morgan fingerprint density at radius 2 is 1.61 bits per heavy atom. The lowest BCUT2D eigenvalue weighted by atomic mass is 10.1. The number of hydrogen-bond donors (Lipinski definition) is 1. The summed E-state index contributed by atoms with van der Waals surface area (Å²) in [5, 5.41) is 2.23. The van der Waals surface area contributed by atoms with Gasteiger partial charge in [0.15, 0.2) is 6.04 Å². The lowest BCUT2D eigenvalue weighted by Gasteiger charge is -2.15. The van der Waals surface area contributed by atoms with Crippen LogP contribution in [0.3, 0.4) is 0 Å². The number of ether oxygens (including phenoxy) is 2. The van der Waals surface area contributed by atoms with E-state index in [2.05, 4.69) is 10.1 Å². The number of carbonyl (C=O) groups excluding carboxylic acids is 4. The number of esters is 2. The molecule has 7 heteroatoms. The lowest BCUT2D eigenvalue weighted by Crippen LogP contribution is -2.50. The molecule has 0 heterocycles. The molecule has 0 radical (unpaired) electrons. The maximum Gasteiger partial charge on any atom is 0.377 e. The van der Waals surface area contributed by atoms with Gasteiger partial charge in [-0.1, -0.05) is 30.3 Å². The molecule has 0 aliphatic rings. The predicted octanol–water partition coefficient (Wildman–Crippen LogP) is 0.409. The molecule has 1 aromatic carbocycles. The van der Waals surface area contributed by atoms with Gasteiger partial charge in [0.25, 0.3) is 5.78 Å². The summed E-state index contributed by atoms with van der Waals surface area (Å²) < 4.78 is 9.29. The van der Waals surface area contributed by atoms with Crippen LogP contribution in [0.25, 0.3) is 0 Å². The second-order valence-corrected chi connectivity index (χ2v) is 4.50. The molecule has 0 aliphatic carbocycles. The second kappa shape index (κ2) is 9.34. The zero-order valence-corrected chi connectivity index (χ0v) is 13.0. The van der Waals surface area contributed by atoms with Crippen molar-refractivity contribution in [1.29, 1.82) is 0 Å². The lowest BCUT2D eigenvalue weighted by molar-refractivity contribution is -0.160. The quantitative estimate of drug-likeness (QED) is 0.423. The molecular weight excluding hydrogens is 302 g/mol. The number of benzene rings is 1. The standard InChI is InChI=1S/C16H19NO6/c1-3-22-15(20)13(14(19)16(21)23-4-2)17-12(18)10-11-8-6-5-7-9-11/h5-9,13H,3-4,10H2,1-2H3,(H,17,18)/t13-/m1/s1. The summed E-state index contributed by atoms with van der Waals surface area (Å²) in [6, 6.07) is 7.07. The van der Waals surface area contributed by atoms with Crippen LogP contribution in [0.1, 0.15) is 19.4 Å². The number of amides is 1. The van der Waals surface area contributed by atoms with Gasteiger partial charge in [-0.15, -0.1) is 0 Å². The molecule has 1 aromatic rings. The minimum absolute atomic E-state index is 0.0139. The molecule has 0 bridgehead atoms. The minimum atomic E-state index is -1.70. The largest absolute Gasteiger partial charge is 0.464 e. The van der Waals surface area contributed by atoms with E-state index in [9.17, 15) is 19.2 Å². The Bertz CT molecular complexity index is 569. The Morgan fingerprint density at radius 1 is 1.00 bits per heavy atom. The van der Waals surface area contributed by atoms with Crippen LogP contribution in [0.15, 0.2) is 30.3 Å². The van der Waals surface area contributed by atoms with Crippen molar-refractivity contribution in [1.82, 2.24) is 5.32 Å². The van der Waals surface area contributed by atoms with E-state index in [1.165, 1.54) is 6.92 Å². The van der Waals surface area contributed by atoms with Crippen molar-refractivity contribution in [2.24, 2.45) is 0 Å². The SMILES string of the molecule is CCOC(=O)C(=O)[C@@H](NC(=O)Cc1ccccc1)C(=O)OCC. The van der Waals surface area contributed by atoms with E-state index in [-0.39, 0.29) is 19.6 Å². The summed E-state index contributed by atoms with van der Waals surface area (Å²) in [5.41, 5.74) is 0.705. The number of Topliss-reactive ketones (excluding diaryl/α,β-unsaturated/α-hetero) is 1. The molecule has 0 aliphatic heterocycles. The number of carbonyl (C=O) groups is 4. The summed E-state index contributed by atoms with van der Waals surface area (Å²) in [4.78, 5) is 47.3. The highest BCUT2D eigenvalue weighted by molar-refractivity contribution is 6.40. The monoisotopic (exact) mass is 321 g/mol. The highest BCUT2D eigenvalue weighted by Crippen LogP contribution is 2.01. The van der Waals surface area contributed by atoms with Crippen molar-refractivity contribution in [2.45, 2.75) is 26.3 Å². The Labute approximate surface area is 134 Å². The van der Waals surface area contributed by atoms with Crippen molar-refractivity contribution in [3.05, 3.63) is 35.9 Å². The average molecular weight is 321 g/mol. The molecule has 0 spiro atoms. The Morgan fingerprint density at radius 3 is 2.17 bits per heavy atom.